The van der Waals surface area contributed by atoms with Crippen molar-refractivity contribution < 1.29 is 22.4 Å². The van der Waals surface area contributed by atoms with Gasteiger partial charge in [0, 0.05) is 32.6 Å². The summed E-state index contributed by atoms with van der Waals surface area (Å²) in [5, 5.41) is 5.88. The first-order chi connectivity index (χ1) is 12.8. The number of halogens is 5. The largest absolute Gasteiger partial charge is 0.416 e. The number of carbonyl (C=O) groups is 1. The van der Waals surface area contributed by atoms with Gasteiger partial charge in [-0.3, -0.25) is 4.79 Å². The first kappa shape index (κ1) is 24.4. The SMILES string of the molecule is CCNC(=NCc1ccc(F)cc1C(F)(F)F)NCCC(=O)N1CCCC1.I. The molecule has 5 nitrogen and oxygen atoms in total. The van der Waals surface area contributed by atoms with Gasteiger partial charge in [0.25, 0.3) is 0 Å². The van der Waals surface area contributed by atoms with E-state index in [0.717, 1.165) is 38.1 Å². The van der Waals surface area contributed by atoms with Crippen LogP contribution in [0.2, 0.25) is 0 Å². The van der Waals surface area contributed by atoms with Crippen LogP contribution in [0.5, 0.6) is 0 Å². The van der Waals surface area contributed by atoms with Crippen LogP contribution in [0.4, 0.5) is 17.6 Å². The summed E-state index contributed by atoms with van der Waals surface area (Å²) >= 11 is 0. The summed E-state index contributed by atoms with van der Waals surface area (Å²) in [6, 6.07) is 2.54. The highest BCUT2D eigenvalue weighted by atomic mass is 127. The molecular formula is C18H25F4IN4O. The van der Waals surface area contributed by atoms with E-state index in [-0.39, 0.29) is 48.4 Å². The Kier molecular flexibility index (Phi) is 9.97. The second-order valence-electron chi connectivity index (χ2n) is 6.26. The van der Waals surface area contributed by atoms with Gasteiger partial charge in [-0.05, 0) is 37.5 Å². The maximum Gasteiger partial charge on any atom is 0.416 e. The van der Waals surface area contributed by atoms with E-state index in [1.165, 1.54) is 0 Å². The van der Waals surface area contributed by atoms with E-state index >= 15 is 0 Å². The van der Waals surface area contributed by atoms with Gasteiger partial charge in [-0.2, -0.15) is 13.2 Å². The number of benzene rings is 1. The Morgan fingerprint density at radius 1 is 1.21 bits per heavy atom. The van der Waals surface area contributed by atoms with Crippen molar-refractivity contribution in [3.05, 3.63) is 35.1 Å². The lowest BCUT2D eigenvalue weighted by Crippen LogP contribution is -2.39. The summed E-state index contributed by atoms with van der Waals surface area (Å²) in [5.41, 5.74) is -1.15. The summed E-state index contributed by atoms with van der Waals surface area (Å²) < 4.78 is 52.3. The Morgan fingerprint density at radius 3 is 2.50 bits per heavy atom. The molecule has 1 amide bonds. The Bertz CT molecular complexity index is 676. The molecule has 1 heterocycles. The summed E-state index contributed by atoms with van der Waals surface area (Å²) in [7, 11) is 0. The van der Waals surface area contributed by atoms with Crippen molar-refractivity contribution in [1.82, 2.24) is 15.5 Å². The molecule has 0 atom stereocenters. The number of rotatable bonds is 6. The van der Waals surface area contributed by atoms with Gasteiger partial charge in [0.1, 0.15) is 5.82 Å². The predicted molar refractivity (Wildman–Crippen MR) is 110 cm³/mol. The standard InChI is InChI=1S/C18H24F4N4O.HI/c1-2-23-17(24-8-7-16(27)26-9-3-4-10-26)25-12-13-5-6-14(19)11-15(13)18(20,21)22;/h5-6,11H,2-4,7-10,12H2,1H3,(H2,23,24,25);1H. The number of nitrogens with zero attached hydrogens (tertiary/aromatic N) is 2. The average Bonchev–Trinajstić information content (AvgIpc) is 3.14. The fraction of sp³-hybridized carbons (Fsp3) is 0.556. The molecule has 0 aliphatic carbocycles. The average molecular weight is 516 g/mol. The van der Waals surface area contributed by atoms with E-state index in [1.807, 2.05) is 6.92 Å². The van der Waals surface area contributed by atoms with Crippen molar-refractivity contribution in [1.29, 1.82) is 0 Å². The molecule has 1 saturated heterocycles. The van der Waals surface area contributed by atoms with Crippen LogP contribution in [0.25, 0.3) is 0 Å². The van der Waals surface area contributed by atoms with Gasteiger partial charge in [-0.1, -0.05) is 6.07 Å². The summed E-state index contributed by atoms with van der Waals surface area (Å²) in [4.78, 5) is 18.0. The third kappa shape index (κ3) is 7.44. The van der Waals surface area contributed by atoms with Gasteiger partial charge in [0.2, 0.25) is 5.91 Å². The van der Waals surface area contributed by atoms with E-state index in [9.17, 15) is 22.4 Å². The molecule has 0 bridgehead atoms. The predicted octanol–water partition coefficient (Wildman–Crippen LogP) is 3.53. The zero-order chi connectivity index (χ0) is 19.9. The minimum Gasteiger partial charge on any atom is -0.357 e. The molecule has 158 valence electrons. The van der Waals surface area contributed by atoms with E-state index in [1.54, 1.807) is 4.90 Å². The first-order valence-electron chi connectivity index (χ1n) is 8.97. The van der Waals surface area contributed by atoms with Gasteiger partial charge in [0.05, 0.1) is 12.1 Å². The molecule has 1 aromatic carbocycles. The molecule has 2 N–H and O–H groups in total. The minimum atomic E-state index is -4.65. The number of guanidine groups is 1. The Morgan fingerprint density at radius 2 is 1.89 bits per heavy atom. The van der Waals surface area contributed by atoms with Crippen LogP contribution in [0.15, 0.2) is 23.2 Å². The molecule has 0 aromatic heterocycles. The molecule has 0 saturated carbocycles. The third-order valence-corrected chi connectivity index (χ3v) is 4.22. The number of likely N-dealkylation sites (tertiary alicyclic amines) is 1. The second-order valence-corrected chi connectivity index (χ2v) is 6.26. The van der Waals surface area contributed by atoms with Crippen LogP contribution >= 0.6 is 24.0 Å². The van der Waals surface area contributed by atoms with Crippen LogP contribution in [0.1, 0.15) is 37.3 Å². The molecule has 10 heteroatoms. The second kappa shape index (κ2) is 11.4. The smallest absolute Gasteiger partial charge is 0.357 e. The molecule has 1 aliphatic heterocycles. The molecule has 0 spiro atoms. The van der Waals surface area contributed by atoms with Crippen molar-refractivity contribution in [3.63, 3.8) is 0 Å². The highest BCUT2D eigenvalue weighted by Gasteiger charge is 2.33. The van der Waals surface area contributed by atoms with Gasteiger partial charge in [0.15, 0.2) is 5.96 Å². The highest BCUT2D eigenvalue weighted by Crippen LogP contribution is 2.32. The lowest BCUT2D eigenvalue weighted by molar-refractivity contribution is -0.138. The Balaban J connectivity index is 0.00000392. The molecule has 0 unspecified atom stereocenters. The van der Waals surface area contributed by atoms with E-state index in [0.29, 0.717) is 25.1 Å². The Labute approximate surface area is 179 Å². The number of carbonyl (C=O) groups excluding carboxylic acids is 1. The van der Waals surface area contributed by atoms with Gasteiger partial charge >= 0.3 is 6.18 Å². The van der Waals surface area contributed by atoms with Crippen molar-refractivity contribution >= 4 is 35.8 Å². The van der Waals surface area contributed by atoms with Crippen molar-refractivity contribution in [2.45, 2.75) is 38.9 Å². The molecular weight excluding hydrogens is 491 g/mol. The zero-order valence-corrected chi connectivity index (χ0v) is 17.9. The number of hydrogen-bond acceptors (Lipinski definition) is 2. The van der Waals surface area contributed by atoms with Crippen LogP contribution in [-0.4, -0.2) is 42.9 Å². The number of alkyl halides is 3. The van der Waals surface area contributed by atoms with E-state index < -0.39 is 17.6 Å². The van der Waals surface area contributed by atoms with Crippen molar-refractivity contribution in [3.8, 4) is 0 Å². The van der Waals surface area contributed by atoms with Gasteiger partial charge < -0.3 is 15.5 Å². The van der Waals surface area contributed by atoms with Crippen LogP contribution in [0, 0.1) is 5.82 Å². The Hall–Kier alpha value is -1.59. The molecule has 1 aromatic rings. The summed E-state index contributed by atoms with van der Waals surface area (Å²) in [6.07, 6.45) is -2.33. The fourth-order valence-corrected chi connectivity index (χ4v) is 2.87. The van der Waals surface area contributed by atoms with Crippen LogP contribution in [-0.2, 0) is 17.5 Å². The molecule has 28 heavy (non-hydrogen) atoms. The highest BCUT2D eigenvalue weighted by molar-refractivity contribution is 14.0. The molecule has 2 rings (SSSR count). The van der Waals surface area contributed by atoms with Gasteiger partial charge in [-0.25, -0.2) is 9.38 Å². The molecule has 1 fully saturated rings. The zero-order valence-electron chi connectivity index (χ0n) is 15.6. The normalized spacial score (nSPS) is 14.6. The topological polar surface area (TPSA) is 56.7 Å². The van der Waals surface area contributed by atoms with E-state index in [4.69, 9.17) is 0 Å². The monoisotopic (exact) mass is 516 g/mol. The maximum atomic E-state index is 13.2. The number of hydrogen-bond donors (Lipinski definition) is 2. The van der Waals surface area contributed by atoms with Crippen molar-refractivity contribution in [2.24, 2.45) is 4.99 Å². The van der Waals surface area contributed by atoms with Gasteiger partial charge in [-0.15, -0.1) is 24.0 Å². The summed E-state index contributed by atoms with van der Waals surface area (Å²) in [5.74, 6) is -0.585. The minimum absolute atomic E-state index is 0. The van der Waals surface area contributed by atoms with Crippen LogP contribution in [0.3, 0.4) is 0 Å². The lowest BCUT2D eigenvalue weighted by Gasteiger charge is -2.16. The lowest BCUT2D eigenvalue weighted by atomic mass is 10.1. The quantitative estimate of drug-likeness (QED) is 0.264. The first-order valence-corrected chi connectivity index (χ1v) is 8.97. The number of nitrogens with one attached hydrogen (secondary N) is 2. The van der Waals surface area contributed by atoms with E-state index in [2.05, 4.69) is 15.6 Å². The van der Waals surface area contributed by atoms with Crippen molar-refractivity contribution in [2.75, 3.05) is 26.2 Å². The summed E-state index contributed by atoms with van der Waals surface area (Å²) in [6.45, 7) is 3.96. The number of aliphatic imine (C=N–C) groups is 1. The number of amides is 1. The molecule has 1 aliphatic rings. The van der Waals surface area contributed by atoms with Crippen LogP contribution < -0.4 is 10.6 Å². The third-order valence-electron chi connectivity index (χ3n) is 4.22. The molecule has 0 radical (unpaired) electrons. The fourth-order valence-electron chi connectivity index (χ4n) is 2.87. The maximum absolute atomic E-state index is 13.2.